The van der Waals surface area contributed by atoms with Crippen molar-refractivity contribution in [2.24, 2.45) is 0 Å². The first-order valence-electron chi connectivity index (χ1n) is 6.83. The highest BCUT2D eigenvalue weighted by Gasteiger charge is 2.12. The number of hydrogen-bond acceptors (Lipinski definition) is 4. The summed E-state index contributed by atoms with van der Waals surface area (Å²) in [5, 5.41) is 3.40. The van der Waals surface area contributed by atoms with Crippen LogP contribution in [0, 0.1) is 0 Å². The van der Waals surface area contributed by atoms with E-state index in [-0.39, 0.29) is 12.4 Å². The molecule has 0 aliphatic rings. The molecular formula is C16H19BrClN2O2-. The number of rotatable bonds is 7. The third-order valence-corrected chi connectivity index (χ3v) is 3.43. The fraction of sp³-hybridized carbons (Fsp3) is 0.312. The molecule has 0 bridgehead atoms. The van der Waals surface area contributed by atoms with Crippen LogP contribution in [0.2, 0.25) is 0 Å². The molecule has 1 aromatic heterocycles. The lowest BCUT2D eigenvalue weighted by Gasteiger charge is -2.15. The fourth-order valence-electron chi connectivity index (χ4n) is 2.06. The quantitative estimate of drug-likeness (QED) is 0.754. The van der Waals surface area contributed by atoms with E-state index in [1.165, 1.54) is 0 Å². The van der Waals surface area contributed by atoms with Crippen molar-refractivity contribution in [1.82, 2.24) is 10.3 Å². The average molecular weight is 387 g/mol. The van der Waals surface area contributed by atoms with Crippen LogP contribution in [0.5, 0.6) is 11.5 Å². The zero-order valence-electron chi connectivity index (χ0n) is 12.6. The third-order valence-electron chi connectivity index (χ3n) is 2.97. The van der Waals surface area contributed by atoms with Gasteiger partial charge >= 0.3 is 0 Å². The van der Waals surface area contributed by atoms with Gasteiger partial charge in [0.05, 0.1) is 13.7 Å². The van der Waals surface area contributed by atoms with Crippen LogP contribution < -0.4 is 27.2 Å². The monoisotopic (exact) mass is 385 g/mol. The van der Waals surface area contributed by atoms with Gasteiger partial charge in [-0.25, -0.2) is 0 Å². The Hall–Kier alpha value is -1.30. The zero-order chi connectivity index (χ0) is 15.1. The van der Waals surface area contributed by atoms with Crippen molar-refractivity contribution < 1.29 is 21.9 Å². The maximum atomic E-state index is 5.72. The van der Waals surface area contributed by atoms with Gasteiger partial charge in [0.25, 0.3) is 0 Å². The van der Waals surface area contributed by atoms with Crippen LogP contribution >= 0.6 is 15.9 Å². The van der Waals surface area contributed by atoms with Crippen molar-refractivity contribution in [2.75, 3.05) is 13.7 Å². The Kier molecular flexibility index (Phi) is 8.24. The van der Waals surface area contributed by atoms with E-state index >= 15 is 0 Å². The molecule has 0 aliphatic heterocycles. The van der Waals surface area contributed by atoms with E-state index in [1.807, 2.05) is 37.4 Å². The van der Waals surface area contributed by atoms with E-state index in [0.717, 1.165) is 33.6 Å². The number of nitrogens with one attached hydrogen (secondary N) is 1. The van der Waals surface area contributed by atoms with Crippen molar-refractivity contribution in [1.29, 1.82) is 0 Å². The van der Waals surface area contributed by atoms with E-state index in [2.05, 4.69) is 26.2 Å². The number of pyridine rings is 1. The van der Waals surface area contributed by atoms with Crippen LogP contribution in [0.1, 0.15) is 18.1 Å². The molecule has 22 heavy (non-hydrogen) atoms. The first kappa shape index (κ1) is 18.7. The average Bonchev–Trinajstić information content (AvgIpc) is 2.50. The summed E-state index contributed by atoms with van der Waals surface area (Å²) < 4.78 is 12.1. The summed E-state index contributed by atoms with van der Waals surface area (Å²) in [5.74, 6) is 1.53. The molecule has 0 unspecified atom stereocenters. The van der Waals surface area contributed by atoms with Gasteiger partial charge in [0.15, 0.2) is 11.5 Å². The minimum atomic E-state index is 0. The molecule has 1 aromatic carbocycles. The maximum absolute atomic E-state index is 5.72. The molecule has 120 valence electrons. The SMILES string of the molecule is CCOc1c(CNCc2cccnc2)cc(Br)cc1OC.[Cl-]. The first-order valence-corrected chi connectivity index (χ1v) is 7.62. The molecular weight excluding hydrogens is 368 g/mol. The normalized spacial score (nSPS) is 9.95. The molecule has 4 nitrogen and oxygen atoms in total. The van der Waals surface area contributed by atoms with E-state index < -0.39 is 0 Å². The topological polar surface area (TPSA) is 43.4 Å². The van der Waals surface area contributed by atoms with Crippen molar-refractivity contribution in [3.8, 4) is 11.5 Å². The fourth-order valence-corrected chi connectivity index (χ4v) is 2.54. The summed E-state index contributed by atoms with van der Waals surface area (Å²) in [6.07, 6.45) is 3.63. The van der Waals surface area contributed by atoms with E-state index in [0.29, 0.717) is 13.2 Å². The van der Waals surface area contributed by atoms with Gasteiger partial charge < -0.3 is 27.2 Å². The highest BCUT2D eigenvalue weighted by atomic mass is 79.9. The predicted molar refractivity (Wildman–Crippen MR) is 86.6 cm³/mol. The summed E-state index contributed by atoms with van der Waals surface area (Å²) in [5.41, 5.74) is 2.21. The van der Waals surface area contributed by atoms with E-state index in [4.69, 9.17) is 9.47 Å². The third kappa shape index (κ3) is 5.16. The minimum absolute atomic E-state index is 0. The molecule has 0 amide bonds. The van der Waals surface area contributed by atoms with Crippen LogP contribution in [0.3, 0.4) is 0 Å². The Morgan fingerprint density at radius 3 is 2.73 bits per heavy atom. The summed E-state index contributed by atoms with van der Waals surface area (Å²) >= 11 is 3.50. The number of methoxy groups -OCH3 is 1. The Morgan fingerprint density at radius 2 is 2.09 bits per heavy atom. The zero-order valence-corrected chi connectivity index (χ0v) is 14.9. The van der Waals surface area contributed by atoms with Gasteiger partial charge in [-0.05, 0) is 30.7 Å². The van der Waals surface area contributed by atoms with Gasteiger partial charge in [0.1, 0.15) is 0 Å². The Morgan fingerprint density at radius 1 is 1.27 bits per heavy atom. The number of aromatic nitrogens is 1. The van der Waals surface area contributed by atoms with Crippen LogP contribution in [0.15, 0.2) is 41.1 Å². The number of ether oxygens (including phenoxy) is 2. The van der Waals surface area contributed by atoms with E-state index in [1.54, 1.807) is 13.3 Å². The second-order valence-corrected chi connectivity index (χ2v) is 5.41. The number of hydrogen-bond donors (Lipinski definition) is 1. The molecule has 0 spiro atoms. The summed E-state index contributed by atoms with van der Waals surface area (Å²) in [4.78, 5) is 4.11. The summed E-state index contributed by atoms with van der Waals surface area (Å²) in [7, 11) is 1.65. The van der Waals surface area contributed by atoms with Crippen LogP contribution in [0.25, 0.3) is 0 Å². The van der Waals surface area contributed by atoms with Crippen molar-refractivity contribution >= 4 is 15.9 Å². The Balaban J connectivity index is 0.00000242. The van der Waals surface area contributed by atoms with Gasteiger partial charge in [0, 0.05) is 35.5 Å². The standard InChI is InChI=1S/C16H19BrN2O2.ClH/c1-3-21-16-13(7-14(17)8-15(16)20-2)11-19-10-12-5-4-6-18-9-12;/h4-9,19H,3,10-11H2,1-2H3;1H/p-1. The molecule has 0 atom stereocenters. The van der Waals surface area contributed by atoms with Gasteiger partial charge in [-0.3, -0.25) is 4.98 Å². The largest absolute Gasteiger partial charge is 1.00 e. The van der Waals surface area contributed by atoms with Gasteiger partial charge in [0.2, 0.25) is 0 Å². The lowest BCUT2D eigenvalue weighted by molar-refractivity contribution is -0.00000498. The Labute approximate surface area is 145 Å². The van der Waals surface area contributed by atoms with Crippen molar-refractivity contribution in [3.63, 3.8) is 0 Å². The van der Waals surface area contributed by atoms with Gasteiger partial charge in [-0.2, -0.15) is 0 Å². The smallest absolute Gasteiger partial charge is 0.165 e. The molecule has 6 heteroatoms. The molecule has 0 aliphatic carbocycles. The maximum Gasteiger partial charge on any atom is 0.165 e. The predicted octanol–water partition coefficient (Wildman–Crippen LogP) is 0.545. The lowest BCUT2D eigenvalue weighted by Crippen LogP contribution is -3.00. The van der Waals surface area contributed by atoms with Crippen LogP contribution in [-0.4, -0.2) is 18.7 Å². The molecule has 0 fully saturated rings. The molecule has 2 rings (SSSR count). The van der Waals surface area contributed by atoms with Crippen LogP contribution in [-0.2, 0) is 13.1 Å². The minimum Gasteiger partial charge on any atom is -1.00 e. The first-order chi connectivity index (χ1) is 10.2. The summed E-state index contributed by atoms with van der Waals surface area (Å²) in [6, 6.07) is 7.94. The number of benzene rings is 1. The Bertz CT molecular complexity index is 582. The summed E-state index contributed by atoms with van der Waals surface area (Å²) in [6.45, 7) is 4.02. The van der Waals surface area contributed by atoms with Crippen molar-refractivity contribution in [3.05, 3.63) is 52.3 Å². The highest BCUT2D eigenvalue weighted by molar-refractivity contribution is 9.10. The van der Waals surface area contributed by atoms with Gasteiger partial charge in [-0.15, -0.1) is 0 Å². The number of nitrogens with zero attached hydrogens (tertiary/aromatic N) is 1. The molecule has 0 saturated heterocycles. The van der Waals surface area contributed by atoms with E-state index in [9.17, 15) is 0 Å². The molecule has 0 radical (unpaired) electrons. The number of halogens is 2. The molecule has 0 saturated carbocycles. The highest BCUT2D eigenvalue weighted by Crippen LogP contribution is 2.34. The van der Waals surface area contributed by atoms with Crippen LogP contribution in [0.4, 0.5) is 0 Å². The lowest BCUT2D eigenvalue weighted by atomic mass is 10.1. The second kappa shape index (κ2) is 9.66. The molecule has 1 heterocycles. The van der Waals surface area contributed by atoms with Crippen molar-refractivity contribution in [2.45, 2.75) is 20.0 Å². The molecule has 2 aromatic rings. The second-order valence-electron chi connectivity index (χ2n) is 4.49. The molecule has 1 N–H and O–H groups in total. The van der Waals surface area contributed by atoms with Gasteiger partial charge in [-0.1, -0.05) is 22.0 Å².